The smallest absolute Gasteiger partial charge is 0.372 e. The first-order valence-electron chi connectivity index (χ1n) is 14.4. The zero-order chi connectivity index (χ0) is 36.4. The van der Waals surface area contributed by atoms with E-state index in [0.29, 0.717) is 17.1 Å². The molecule has 0 atom stereocenters. The average Bonchev–Trinajstić information content (AvgIpc) is 3.85. The average molecular weight is 705 g/mol. The molecule has 6 heterocycles. The van der Waals surface area contributed by atoms with Crippen molar-refractivity contribution in [1.82, 2.24) is 59.1 Å². The van der Waals surface area contributed by atoms with Crippen molar-refractivity contribution in [2.75, 3.05) is 35.4 Å². The molecule has 22 heteroatoms. The predicted octanol–water partition coefficient (Wildman–Crippen LogP) is 5.02. The topological polar surface area (TPSA) is 171 Å². The van der Waals surface area contributed by atoms with Gasteiger partial charge in [0, 0.05) is 40.6 Å². The van der Waals surface area contributed by atoms with Crippen LogP contribution >= 0.6 is 0 Å². The van der Waals surface area contributed by atoms with Gasteiger partial charge in [0.15, 0.2) is 0 Å². The summed E-state index contributed by atoms with van der Waals surface area (Å²) < 4.78 is 83.9. The standard InChI is InChI=1S/2C14H15F3N8/c1-8-11(6-21-25(8)9-4-20-24(3)7-9)22-13-19-5-10(14(15,16)17)12(18-2)23-13;1-8-11(7-25(23-8)9-4-20-24(3)6-9)21-13-19-5-10(14(15,16)17)12(18-2)22-13/h4-7H,1-3H3,(H2,18,19,22,23);4-7H,1-3H3,(H2,18,19,21,22). The molecule has 0 amide bonds. The quantitative estimate of drug-likeness (QED) is 0.156. The molecule has 0 saturated carbocycles. The second-order valence-electron chi connectivity index (χ2n) is 10.5. The van der Waals surface area contributed by atoms with E-state index >= 15 is 0 Å². The predicted molar refractivity (Wildman–Crippen MR) is 170 cm³/mol. The van der Waals surface area contributed by atoms with E-state index in [0.717, 1.165) is 29.5 Å². The van der Waals surface area contributed by atoms with Crippen LogP contribution in [0.3, 0.4) is 0 Å². The second-order valence-corrected chi connectivity index (χ2v) is 10.5. The molecule has 0 aliphatic rings. The molecule has 0 aliphatic heterocycles. The fourth-order valence-electron chi connectivity index (χ4n) is 4.47. The number of nitrogens with zero attached hydrogens (tertiary/aromatic N) is 12. The number of nitrogens with one attached hydrogen (secondary N) is 4. The van der Waals surface area contributed by atoms with Crippen molar-refractivity contribution >= 4 is 34.9 Å². The minimum Gasteiger partial charge on any atom is -0.372 e. The van der Waals surface area contributed by atoms with Crippen molar-refractivity contribution < 1.29 is 26.3 Å². The number of halogens is 6. The molecule has 6 aromatic rings. The van der Waals surface area contributed by atoms with Crippen LogP contribution in [-0.4, -0.2) is 73.2 Å². The lowest BCUT2D eigenvalue weighted by Crippen LogP contribution is -2.12. The van der Waals surface area contributed by atoms with E-state index in [4.69, 9.17) is 0 Å². The zero-order valence-electron chi connectivity index (χ0n) is 27.3. The van der Waals surface area contributed by atoms with Gasteiger partial charge in [0.2, 0.25) is 11.9 Å². The Balaban J connectivity index is 0.000000194. The fraction of sp³-hybridized carbons (Fsp3) is 0.286. The van der Waals surface area contributed by atoms with Crippen molar-refractivity contribution in [3.05, 3.63) is 72.1 Å². The third-order valence-electron chi connectivity index (χ3n) is 6.96. The van der Waals surface area contributed by atoms with E-state index < -0.39 is 23.5 Å². The van der Waals surface area contributed by atoms with Crippen LogP contribution < -0.4 is 21.3 Å². The Bertz CT molecular complexity index is 2020. The number of anilines is 6. The Morgan fingerprint density at radius 1 is 0.620 bits per heavy atom. The lowest BCUT2D eigenvalue weighted by molar-refractivity contribution is -0.138. The van der Waals surface area contributed by atoms with Gasteiger partial charge in [-0.1, -0.05) is 0 Å². The highest BCUT2D eigenvalue weighted by Crippen LogP contribution is 2.35. The largest absolute Gasteiger partial charge is 0.421 e. The number of hydrogen-bond acceptors (Lipinski definition) is 12. The van der Waals surface area contributed by atoms with Crippen molar-refractivity contribution in [3.8, 4) is 11.4 Å². The third-order valence-corrected chi connectivity index (χ3v) is 6.96. The van der Waals surface area contributed by atoms with Gasteiger partial charge in [0.05, 0.1) is 59.9 Å². The minimum atomic E-state index is -4.53. The monoisotopic (exact) mass is 704 g/mol. The molecule has 4 N–H and O–H groups in total. The van der Waals surface area contributed by atoms with E-state index in [1.54, 1.807) is 76.9 Å². The first kappa shape index (κ1) is 35.1. The molecule has 0 aromatic carbocycles. The maximum absolute atomic E-state index is 12.9. The van der Waals surface area contributed by atoms with Crippen molar-refractivity contribution in [1.29, 1.82) is 0 Å². The van der Waals surface area contributed by atoms with Crippen LogP contribution in [0, 0.1) is 13.8 Å². The Hall–Kier alpha value is -6.22. The number of rotatable bonds is 8. The summed E-state index contributed by atoms with van der Waals surface area (Å²) in [7, 11) is 6.31. The van der Waals surface area contributed by atoms with Gasteiger partial charge in [-0.2, -0.15) is 56.7 Å². The van der Waals surface area contributed by atoms with Crippen LogP contribution in [0.2, 0.25) is 0 Å². The van der Waals surface area contributed by atoms with Gasteiger partial charge >= 0.3 is 12.4 Å². The third kappa shape index (κ3) is 7.73. The lowest BCUT2D eigenvalue weighted by atomic mass is 10.3. The van der Waals surface area contributed by atoms with Crippen molar-refractivity contribution in [2.24, 2.45) is 14.1 Å². The SMILES string of the molecule is CNc1nc(Nc2cn(-c3cnn(C)c3)nc2C)ncc1C(F)(F)F.CNc1nc(Nc2cnn(-c3cnn(C)c3)c2C)ncc1C(F)(F)F. The summed E-state index contributed by atoms with van der Waals surface area (Å²) in [5.41, 5.74) is 2.18. The van der Waals surface area contributed by atoms with E-state index in [1.807, 2.05) is 6.92 Å². The summed E-state index contributed by atoms with van der Waals surface area (Å²) >= 11 is 0. The van der Waals surface area contributed by atoms with Crippen LogP contribution in [-0.2, 0) is 26.4 Å². The summed E-state index contributed by atoms with van der Waals surface area (Å²) in [6.45, 7) is 3.57. The molecule has 6 aromatic heterocycles. The van der Waals surface area contributed by atoms with E-state index in [9.17, 15) is 26.3 Å². The van der Waals surface area contributed by atoms with Gasteiger partial charge in [-0.15, -0.1) is 0 Å². The van der Waals surface area contributed by atoms with Crippen LogP contribution in [0.15, 0.2) is 49.6 Å². The highest BCUT2D eigenvalue weighted by Gasteiger charge is 2.36. The van der Waals surface area contributed by atoms with Crippen molar-refractivity contribution in [3.63, 3.8) is 0 Å². The molecule has 0 unspecified atom stereocenters. The molecule has 0 radical (unpaired) electrons. The zero-order valence-corrected chi connectivity index (χ0v) is 27.3. The summed E-state index contributed by atoms with van der Waals surface area (Å²) in [6.07, 6.45) is 2.51. The summed E-state index contributed by atoms with van der Waals surface area (Å²) in [4.78, 5) is 15.2. The molecule has 50 heavy (non-hydrogen) atoms. The second kappa shape index (κ2) is 13.7. The number of aryl methyl sites for hydroxylation is 3. The fourth-order valence-corrected chi connectivity index (χ4v) is 4.47. The maximum Gasteiger partial charge on any atom is 0.421 e. The van der Waals surface area contributed by atoms with E-state index in [1.165, 1.54) is 14.1 Å². The molecule has 0 bridgehead atoms. The van der Waals surface area contributed by atoms with Gasteiger partial charge in [0.25, 0.3) is 0 Å². The summed E-state index contributed by atoms with van der Waals surface area (Å²) in [5, 5.41) is 27.4. The van der Waals surface area contributed by atoms with E-state index in [-0.39, 0.29) is 23.5 Å². The summed E-state index contributed by atoms with van der Waals surface area (Å²) in [5.74, 6) is -0.540. The summed E-state index contributed by atoms with van der Waals surface area (Å²) in [6, 6.07) is 0. The molecule has 264 valence electrons. The molecule has 0 spiro atoms. The first-order valence-corrected chi connectivity index (χ1v) is 14.4. The Labute approximate surface area is 279 Å². The van der Waals surface area contributed by atoms with Crippen molar-refractivity contribution in [2.45, 2.75) is 26.2 Å². The molecule has 0 saturated heterocycles. The molecule has 0 fully saturated rings. The molecule has 16 nitrogen and oxygen atoms in total. The van der Waals surface area contributed by atoms with Gasteiger partial charge < -0.3 is 21.3 Å². The molecular formula is C28H30F6N16. The highest BCUT2D eigenvalue weighted by atomic mass is 19.4. The molecule has 6 rings (SSSR count). The molecule has 0 aliphatic carbocycles. The molecular weight excluding hydrogens is 674 g/mol. The number of aromatic nitrogens is 12. The Kier molecular flexibility index (Phi) is 9.63. The minimum absolute atomic E-state index is 0.0335. The van der Waals surface area contributed by atoms with Crippen LogP contribution in [0.5, 0.6) is 0 Å². The van der Waals surface area contributed by atoms with Gasteiger partial charge in [-0.25, -0.2) is 19.3 Å². The van der Waals surface area contributed by atoms with Crippen LogP contribution in [0.4, 0.5) is 61.2 Å². The lowest BCUT2D eigenvalue weighted by Gasteiger charge is -2.12. The van der Waals surface area contributed by atoms with E-state index in [2.05, 4.69) is 61.6 Å². The van der Waals surface area contributed by atoms with Gasteiger partial charge in [0.1, 0.15) is 34.1 Å². The normalized spacial score (nSPS) is 11.6. The Morgan fingerprint density at radius 3 is 1.58 bits per heavy atom. The highest BCUT2D eigenvalue weighted by molar-refractivity contribution is 5.60. The van der Waals surface area contributed by atoms with Gasteiger partial charge in [-0.05, 0) is 13.8 Å². The maximum atomic E-state index is 12.9. The number of hydrogen-bond donors (Lipinski definition) is 4. The number of alkyl halides is 6. The Morgan fingerprint density at radius 2 is 1.12 bits per heavy atom. The van der Waals surface area contributed by atoms with Gasteiger partial charge in [-0.3, -0.25) is 9.36 Å². The van der Waals surface area contributed by atoms with Crippen LogP contribution in [0.1, 0.15) is 22.5 Å². The van der Waals surface area contributed by atoms with Crippen LogP contribution in [0.25, 0.3) is 11.4 Å². The first-order chi connectivity index (χ1) is 23.6.